The molecule has 0 amide bonds. The summed E-state index contributed by atoms with van der Waals surface area (Å²) in [5.74, 6) is 3.62. The van der Waals surface area contributed by atoms with E-state index in [-0.39, 0.29) is 18.1 Å². The Labute approximate surface area is 179 Å². The third kappa shape index (κ3) is 4.34. The molecule has 1 aromatic heterocycles. The minimum absolute atomic E-state index is 0.0116. The highest BCUT2D eigenvalue weighted by molar-refractivity contribution is 9.10. The van der Waals surface area contributed by atoms with E-state index in [1.54, 1.807) is 18.3 Å². The van der Waals surface area contributed by atoms with Gasteiger partial charge in [-0.1, -0.05) is 51.6 Å². The van der Waals surface area contributed by atoms with Gasteiger partial charge in [0.1, 0.15) is 18.2 Å². The Morgan fingerprint density at radius 2 is 1.96 bits per heavy atom. The van der Waals surface area contributed by atoms with Crippen molar-refractivity contribution >= 4 is 49.0 Å². The summed E-state index contributed by atoms with van der Waals surface area (Å²) in [4.78, 5) is 17.7. The van der Waals surface area contributed by atoms with Gasteiger partial charge in [-0.3, -0.25) is 4.79 Å². The molecule has 3 rings (SSSR count). The molecule has 1 heterocycles. The summed E-state index contributed by atoms with van der Waals surface area (Å²) in [6.45, 7) is 4.09. The molecule has 0 radical (unpaired) electrons. The molecule has 0 fully saturated rings. The first-order valence-electron chi connectivity index (χ1n) is 8.53. The van der Waals surface area contributed by atoms with Crippen molar-refractivity contribution in [3.63, 3.8) is 0 Å². The van der Waals surface area contributed by atoms with Gasteiger partial charge in [0.15, 0.2) is 0 Å². The number of fused-ring (bicyclic) bond motifs is 1. The van der Waals surface area contributed by atoms with Crippen LogP contribution in [0.15, 0.2) is 55.2 Å². The van der Waals surface area contributed by atoms with Gasteiger partial charge in [0, 0.05) is 20.4 Å². The topological polar surface area (TPSA) is 56.5 Å². The fourth-order valence-electron chi connectivity index (χ4n) is 2.64. The molecule has 0 unspecified atom stereocenters. The standard InChI is InChI=1S/C21H17Br2N3O2/c1-4-9-28-19-8-6-15(22)10-14(19)12-24-26-20(13(2)3)25-18-7-5-16(23)11-17(18)21(26)27/h1,5-8,10-13H,9H2,2-3H3. The Hall–Kier alpha value is -2.43. The third-order valence-electron chi connectivity index (χ3n) is 3.94. The van der Waals surface area contributed by atoms with Crippen molar-refractivity contribution in [1.82, 2.24) is 9.66 Å². The van der Waals surface area contributed by atoms with E-state index in [0.717, 1.165) is 8.95 Å². The number of hydrogen-bond acceptors (Lipinski definition) is 4. The van der Waals surface area contributed by atoms with E-state index in [1.807, 2.05) is 38.1 Å². The third-order valence-corrected chi connectivity index (χ3v) is 4.93. The van der Waals surface area contributed by atoms with Crippen molar-refractivity contribution in [2.24, 2.45) is 5.10 Å². The van der Waals surface area contributed by atoms with E-state index in [1.165, 1.54) is 4.68 Å². The molecule has 0 atom stereocenters. The highest BCUT2D eigenvalue weighted by Crippen LogP contribution is 2.23. The predicted molar refractivity (Wildman–Crippen MR) is 119 cm³/mol. The summed E-state index contributed by atoms with van der Waals surface area (Å²) < 4.78 is 8.57. The average molecular weight is 503 g/mol. The zero-order chi connectivity index (χ0) is 20.3. The van der Waals surface area contributed by atoms with Crippen LogP contribution in [0.2, 0.25) is 0 Å². The summed E-state index contributed by atoms with van der Waals surface area (Å²) in [6, 6.07) is 10.9. The molecule has 5 nitrogen and oxygen atoms in total. The van der Waals surface area contributed by atoms with Crippen LogP contribution in [-0.4, -0.2) is 22.5 Å². The van der Waals surface area contributed by atoms with E-state index >= 15 is 0 Å². The van der Waals surface area contributed by atoms with Crippen molar-refractivity contribution in [3.05, 3.63) is 67.1 Å². The van der Waals surface area contributed by atoms with Gasteiger partial charge in [0.25, 0.3) is 5.56 Å². The number of benzene rings is 2. The molecule has 0 aliphatic rings. The summed E-state index contributed by atoms with van der Waals surface area (Å²) >= 11 is 6.84. The molecule has 7 heteroatoms. The van der Waals surface area contributed by atoms with Crippen LogP contribution in [0.4, 0.5) is 0 Å². The summed E-state index contributed by atoms with van der Waals surface area (Å²) in [5.41, 5.74) is 1.11. The molecule has 0 aliphatic heterocycles. The van der Waals surface area contributed by atoms with Gasteiger partial charge in [-0.25, -0.2) is 4.98 Å². The highest BCUT2D eigenvalue weighted by Gasteiger charge is 2.14. The lowest BCUT2D eigenvalue weighted by atomic mass is 10.2. The number of hydrogen-bond donors (Lipinski definition) is 0. The number of nitrogens with zero attached hydrogens (tertiary/aromatic N) is 3. The van der Waals surface area contributed by atoms with Crippen molar-refractivity contribution in [2.75, 3.05) is 6.61 Å². The van der Waals surface area contributed by atoms with Crippen LogP contribution in [0.5, 0.6) is 5.75 Å². The Morgan fingerprint density at radius 1 is 1.25 bits per heavy atom. The lowest BCUT2D eigenvalue weighted by molar-refractivity contribution is 0.370. The van der Waals surface area contributed by atoms with Crippen LogP contribution in [0, 0.1) is 12.3 Å². The molecule has 0 N–H and O–H groups in total. The van der Waals surface area contributed by atoms with Crippen LogP contribution in [0.25, 0.3) is 10.9 Å². The van der Waals surface area contributed by atoms with Gasteiger partial charge >= 0.3 is 0 Å². The first-order valence-corrected chi connectivity index (χ1v) is 10.1. The van der Waals surface area contributed by atoms with Gasteiger partial charge in [0.05, 0.1) is 17.1 Å². The molecule has 0 bridgehead atoms. The van der Waals surface area contributed by atoms with Crippen molar-refractivity contribution in [3.8, 4) is 18.1 Å². The van der Waals surface area contributed by atoms with Crippen LogP contribution >= 0.6 is 31.9 Å². The molecular formula is C21H17Br2N3O2. The maximum Gasteiger partial charge on any atom is 0.282 e. The van der Waals surface area contributed by atoms with Crippen LogP contribution in [0.1, 0.15) is 31.2 Å². The SMILES string of the molecule is C#CCOc1ccc(Br)cc1C=Nn1c(C(C)C)nc2ccc(Br)cc2c1=O. The number of halogens is 2. The van der Waals surface area contributed by atoms with Gasteiger partial charge in [-0.2, -0.15) is 9.78 Å². The summed E-state index contributed by atoms with van der Waals surface area (Å²) in [6.07, 6.45) is 6.86. The molecule has 0 saturated heterocycles. The summed E-state index contributed by atoms with van der Waals surface area (Å²) in [7, 11) is 0. The molecule has 142 valence electrons. The van der Waals surface area contributed by atoms with Gasteiger partial charge in [0.2, 0.25) is 0 Å². The predicted octanol–water partition coefficient (Wildman–Crippen LogP) is 4.94. The first kappa shape index (κ1) is 20.3. The van der Waals surface area contributed by atoms with Crippen LogP contribution in [0.3, 0.4) is 0 Å². The molecule has 0 saturated carbocycles. The smallest absolute Gasteiger partial charge is 0.282 e. The zero-order valence-corrected chi connectivity index (χ0v) is 18.5. The van der Waals surface area contributed by atoms with Gasteiger partial charge < -0.3 is 4.74 Å². The van der Waals surface area contributed by atoms with E-state index < -0.39 is 0 Å². The normalized spacial score (nSPS) is 11.3. The molecule has 3 aromatic rings. The lowest BCUT2D eigenvalue weighted by Crippen LogP contribution is -2.23. The second-order valence-corrected chi connectivity index (χ2v) is 8.15. The molecule has 2 aromatic carbocycles. The van der Waals surface area contributed by atoms with Gasteiger partial charge in [-0.15, -0.1) is 6.42 Å². The van der Waals surface area contributed by atoms with E-state index in [4.69, 9.17) is 11.2 Å². The van der Waals surface area contributed by atoms with Crippen LogP contribution in [-0.2, 0) is 0 Å². The minimum atomic E-state index is -0.229. The van der Waals surface area contributed by atoms with Crippen LogP contribution < -0.4 is 10.3 Å². The molecule has 0 aliphatic carbocycles. The Balaban J connectivity index is 2.15. The number of aromatic nitrogens is 2. The molecule has 0 spiro atoms. The fourth-order valence-corrected chi connectivity index (χ4v) is 3.38. The molecular weight excluding hydrogens is 486 g/mol. The van der Waals surface area contributed by atoms with E-state index in [9.17, 15) is 4.79 Å². The zero-order valence-electron chi connectivity index (χ0n) is 15.3. The van der Waals surface area contributed by atoms with E-state index in [2.05, 4.69) is 47.9 Å². The van der Waals surface area contributed by atoms with Crippen molar-refractivity contribution < 1.29 is 4.74 Å². The average Bonchev–Trinajstić information content (AvgIpc) is 2.66. The highest BCUT2D eigenvalue weighted by atomic mass is 79.9. The Bertz CT molecular complexity index is 1160. The largest absolute Gasteiger partial charge is 0.480 e. The minimum Gasteiger partial charge on any atom is -0.480 e. The number of rotatable bonds is 5. The second-order valence-electron chi connectivity index (χ2n) is 6.32. The second kappa shape index (κ2) is 8.72. The lowest BCUT2D eigenvalue weighted by Gasteiger charge is -2.12. The Morgan fingerprint density at radius 3 is 2.68 bits per heavy atom. The fraction of sp³-hybridized carbons (Fsp3) is 0.190. The number of terminal acetylenes is 1. The maximum absolute atomic E-state index is 13.1. The quantitative estimate of drug-likeness (QED) is 0.367. The maximum atomic E-state index is 13.1. The number of ether oxygens (including phenoxy) is 1. The molecule has 28 heavy (non-hydrogen) atoms. The van der Waals surface area contributed by atoms with Crippen molar-refractivity contribution in [1.29, 1.82) is 0 Å². The summed E-state index contributed by atoms with van der Waals surface area (Å²) in [5, 5.41) is 4.93. The van der Waals surface area contributed by atoms with Crippen molar-refractivity contribution in [2.45, 2.75) is 19.8 Å². The van der Waals surface area contributed by atoms with Gasteiger partial charge in [-0.05, 0) is 36.4 Å². The first-order chi connectivity index (χ1) is 13.4. The van der Waals surface area contributed by atoms with E-state index in [0.29, 0.717) is 28.0 Å². The monoisotopic (exact) mass is 501 g/mol. The Kier molecular flexibility index (Phi) is 6.32.